The van der Waals surface area contributed by atoms with E-state index in [0.717, 1.165) is 22.3 Å². The van der Waals surface area contributed by atoms with Crippen molar-refractivity contribution in [3.63, 3.8) is 0 Å². The normalized spacial score (nSPS) is 10.3. The van der Waals surface area contributed by atoms with Gasteiger partial charge < -0.3 is 11.1 Å². The number of rotatable bonds is 4. The van der Waals surface area contributed by atoms with Crippen LogP contribution in [0.5, 0.6) is 0 Å². The molecule has 0 spiro atoms. The Morgan fingerprint density at radius 1 is 1.44 bits per heavy atom. The highest BCUT2D eigenvalue weighted by molar-refractivity contribution is 9.10. The smallest absolute Gasteiger partial charge is 0.105 e. The molecule has 0 aliphatic carbocycles. The van der Waals surface area contributed by atoms with Gasteiger partial charge in [-0.15, -0.1) is 0 Å². The predicted molar refractivity (Wildman–Crippen MR) is 86.4 cm³/mol. The summed E-state index contributed by atoms with van der Waals surface area (Å²) in [6, 6.07) is 5.91. The number of hydrogen-bond acceptors (Lipinski definition) is 3. The van der Waals surface area contributed by atoms with E-state index >= 15 is 0 Å². The van der Waals surface area contributed by atoms with Gasteiger partial charge in [0.05, 0.1) is 0 Å². The molecule has 1 heterocycles. The molecule has 1 aromatic heterocycles. The van der Waals surface area contributed by atoms with Crippen molar-refractivity contribution in [2.75, 3.05) is 5.32 Å². The van der Waals surface area contributed by atoms with E-state index in [2.05, 4.69) is 38.9 Å². The summed E-state index contributed by atoms with van der Waals surface area (Å²) in [6.45, 7) is 2.95. The highest BCUT2D eigenvalue weighted by Gasteiger charge is 2.04. The molecule has 0 radical (unpaired) electrons. The highest BCUT2D eigenvalue weighted by Crippen LogP contribution is 2.22. The molecule has 0 fully saturated rings. The van der Waals surface area contributed by atoms with Crippen molar-refractivity contribution in [2.45, 2.75) is 13.5 Å². The van der Waals surface area contributed by atoms with E-state index in [1.165, 1.54) is 11.1 Å². The van der Waals surface area contributed by atoms with Gasteiger partial charge in [0.25, 0.3) is 0 Å². The van der Waals surface area contributed by atoms with Crippen LogP contribution in [0.25, 0.3) is 0 Å². The standard InChI is InChI=1S/C13H13BrN2S2/c1-8-6-18-7-9(8)5-16-10-2-3-11(13(15)17)12(14)4-10/h2-4,6-7,16H,5H2,1H3,(H2,15,17). The molecule has 0 aliphatic rings. The minimum absolute atomic E-state index is 0.405. The van der Waals surface area contributed by atoms with Gasteiger partial charge >= 0.3 is 0 Å². The second kappa shape index (κ2) is 5.82. The van der Waals surface area contributed by atoms with Gasteiger partial charge in [0.15, 0.2) is 0 Å². The summed E-state index contributed by atoms with van der Waals surface area (Å²) in [5.41, 5.74) is 10.2. The van der Waals surface area contributed by atoms with E-state index in [9.17, 15) is 0 Å². The fourth-order valence-electron chi connectivity index (χ4n) is 1.59. The monoisotopic (exact) mass is 340 g/mol. The lowest BCUT2D eigenvalue weighted by molar-refractivity contribution is 1.14. The zero-order valence-electron chi connectivity index (χ0n) is 9.87. The lowest BCUT2D eigenvalue weighted by Crippen LogP contribution is -2.10. The maximum absolute atomic E-state index is 5.62. The molecule has 2 nitrogen and oxygen atoms in total. The summed E-state index contributed by atoms with van der Waals surface area (Å²) < 4.78 is 0.919. The quantitative estimate of drug-likeness (QED) is 0.824. The molecule has 0 saturated heterocycles. The summed E-state index contributed by atoms with van der Waals surface area (Å²) in [6.07, 6.45) is 0. The average Bonchev–Trinajstić information content (AvgIpc) is 2.72. The summed E-state index contributed by atoms with van der Waals surface area (Å²) in [7, 11) is 0. The van der Waals surface area contributed by atoms with Crippen LogP contribution in [0, 0.1) is 6.92 Å². The van der Waals surface area contributed by atoms with Gasteiger partial charge in [-0.25, -0.2) is 0 Å². The Balaban J connectivity index is 2.09. The molecule has 5 heteroatoms. The molecule has 0 saturated carbocycles. The molecule has 94 valence electrons. The van der Waals surface area contributed by atoms with Crippen LogP contribution in [-0.4, -0.2) is 4.99 Å². The largest absolute Gasteiger partial charge is 0.389 e. The number of anilines is 1. The van der Waals surface area contributed by atoms with Crippen molar-refractivity contribution in [2.24, 2.45) is 5.73 Å². The topological polar surface area (TPSA) is 38.0 Å². The molecule has 0 bridgehead atoms. The lowest BCUT2D eigenvalue weighted by atomic mass is 10.2. The third-order valence-corrected chi connectivity index (χ3v) is 4.47. The molecule has 1 aromatic carbocycles. The van der Waals surface area contributed by atoms with Crippen LogP contribution in [0.4, 0.5) is 5.69 Å². The van der Waals surface area contributed by atoms with E-state index in [0.29, 0.717) is 4.99 Å². The Hall–Kier alpha value is -0.910. The Labute approximate surface area is 124 Å². The van der Waals surface area contributed by atoms with Crippen molar-refractivity contribution in [3.8, 4) is 0 Å². The maximum Gasteiger partial charge on any atom is 0.105 e. The molecular weight excluding hydrogens is 328 g/mol. The van der Waals surface area contributed by atoms with E-state index in [1.807, 2.05) is 18.2 Å². The number of benzene rings is 1. The predicted octanol–water partition coefficient (Wildman–Crippen LogP) is 4.07. The Kier molecular flexibility index (Phi) is 4.37. The van der Waals surface area contributed by atoms with Crippen molar-refractivity contribution < 1.29 is 0 Å². The summed E-state index contributed by atoms with van der Waals surface area (Å²) >= 11 is 10.2. The molecule has 2 rings (SSSR count). The van der Waals surface area contributed by atoms with Gasteiger partial charge in [0.1, 0.15) is 4.99 Å². The molecule has 3 N–H and O–H groups in total. The first kappa shape index (κ1) is 13.5. The average molecular weight is 341 g/mol. The van der Waals surface area contributed by atoms with E-state index < -0.39 is 0 Å². The van der Waals surface area contributed by atoms with Crippen LogP contribution >= 0.6 is 39.5 Å². The van der Waals surface area contributed by atoms with E-state index in [1.54, 1.807) is 11.3 Å². The van der Waals surface area contributed by atoms with Crippen LogP contribution in [-0.2, 0) is 6.54 Å². The van der Waals surface area contributed by atoms with Gasteiger partial charge in [-0.2, -0.15) is 11.3 Å². The van der Waals surface area contributed by atoms with Crippen LogP contribution in [0.2, 0.25) is 0 Å². The number of nitrogens with one attached hydrogen (secondary N) is 1. The first-order valence-electron chi connectivity index (χ1n) is 5.43. The van der Waals surface area contributed by atoms with Crippen LogP contribution in [0.15, 0.2) is 33.4 Å². The minimum Gasteiger partial charge on any atom is -0.389 e. The third kappa shape index (κ3) is 3.10. The van der Waals surface area contributed by atoms with Crippen molar-refractivity contribution >= 4 is 50.2 Å². The Morgan fingerprint density at radius 3 is 2.78 bits per heavy atom. The SMILES string of the molecule is Cc1cscc1CNc1ccc(C(N)=S)c(Br)c1. The van der Waals surface area contributed by atoms with Gasteiger partial charge in [-0.3, -0.25) is 0 Å². The summed E-state index contributed by atoms with van der Waals surface area (Å²) in [5.74, 6) is 0. The molecular formula is C13H13BrN2S2. The number of nitrogens with two attached hydrogens (primary N) is 1. The summed E-state index contributed by atoms with van der Waals surface area (Å²) in [5, 5.41) is 7.71. The van der Waals surface area contributed by atoms with Gasteiger partial charge in [0.2, 0.25) is 0 Å². The first-order chi connectivity index (χ1) is 8.58. The summed E-state index contributed by atoms with van der Waals surface area (Å²) in [4.78, 5) is 0.405. The fraction of sp³-hybridized carbons (Fsp3) is 0.154. The van der Waals surface area contributed by atoms with E-state index in [4.69, 9.17) is 18.0 Å². The number of halogens is 1. The van der Waals surface area contributed by atoms with Crippen molar-refractivity contribution in [1.82, 2.24) is 0 Å². The molecule has 0 unspecified atom stereocenters. The molecule has 2 aromatic rings. The number of thiocarbonyl (C=S) groups is 1. The zero-order chi connectivity index (χ0) is 13.1. The van der Waals surface area contributed by atoms with Gasteiger partial charge in [0, 0.05) is 22.3 Å². The van der Waals surface area contributed by atoms with Gasteiger partial charge in [-0.05, 0) is 62.9 Å². The van der Waals surface area contributed by atoms with Crippen LogP contribution in [0.3, 0.4) is 0 Å². The number of aryl methyl sites for hydroxylation is 1. The molecule has 0 aliphatic heterocycles. The Bertz CT molecular complexity index is 578. The second-order valence-corrected chi connectivity index (χ2v) is 6.03. The van der Waals surface area contributed by atoms with Crippen molar-refractivity contribution in [1.29, 1.82) is 0 Å². The third-order valence-electron chi connectivity index (χ3n) is 2.68. The zero-order valence-corrected chi connectivity index (χ0v) is 13.1. The van der Waals surface area contributed by atoms with Crippen LogP contribution < -0.4 is 11.1 Å². The Morgan fingerprint density at radius 2 is 2.22 bits per heavy atom. The molecule has 0 atom stereocenters. The molecule has 18 heavy (non-hydrogen) atoms. The highest BCUT2D eigenvalue weighted by atomic mass is 79.9. The molecule has 0 amide bonds. The van der Waals surface area contributed by atoms with E-state index in [-0.39, 0.29) is 0 Å². The maximum atomic E-state index is 5.62. The number of hydrogen-bond donors (Lipinski definition) is 2. The minimum atomic E-state index is 0.405. The fourth-order valence-corrected chi connectivity index (χ4v) is 3.35. The van der Waals surface area contributed by atoms with Crippen molar-refractivity contribution in [3.05, 3.63) is 50.1 Å². The van der Waals surface area contributed by atoms with Gasteiger partial charge in [-0.1, -0.05) is 12.2 Å². The second-order valence-electron chi connectivity index (χ2n) is 3.99. The number of thiophene rings is 1. The van der Waals surface area contributed by atoms with Crippen LogP contribution in [0.1, 0.15) is 16.7 Å². The lowest BCUT2D eigenvalue weighted by Gasteiger charge is -2.09. The first-order valence-corrected chi connectivity index (χ1v) is 7.57.